The van der Waals surface area contributed by atoms with E-state index >= 15 is 0 Å². The molecule has 0 spiro atoms. The number of carbonyl (C=O) groups is 1. The summed E-state index contributed by atoms with van der Waals surface area (Å²) in [5.74, 6) is 0.145. The van der Waals surface area contributed by atoms with Crippen LogP contribution in [0.3, 0.4) is 0 Å². The number of nitrogens with one attached hydrogen (secondary N) is 1. The van der Waals surface area contributed by atoms with Gasteiger partial charge in [-0.2, -0.15) is 0 Å². The van der Waals surface area contributed by atoms with E-state index in [1.165, 1.54) is 0 Å². The Morgan fingerprint density at radius 2 is 2.09 bits per heavy atom. The minimum Gasteiger partial charge on any atom is -0.382 e. The summed E-state index contributed by atoms with van der Waals surface area (Å²) in [6, 6.07) is 1.80. The number of nitrogens with zero attached hydrogens (tertiary/aromatic N) is 4. The van der Waals surface area contributed by atoms with Crippen molar-refractivity contribution in [3.8, 4) is 0 Å². The topological polar surface area (TPSA) is 97.0 Å². The Kier molecular flexibility index (Phi) is 4.29. The molecule has 2 aromatic heterocycles. The third-order valence-electron chi connectivity index (χ3n) is 3.77. The number of carbonyl (C=O) groups excluding carboxylic acids is 1. The van der Waals surface area contributed by atoms with Crippen LogP contribution >= 0.6 is 11.6 Å². The quantitative estimate of drug-likeness (QED) is 0.894. The van der Waals surface area contributed by atoms with Gasteiger partial charge in [-0.25, -0.2) is 9.97 Å². The number of aromatic nitrogens is 3. The number of amides is 1. The molecule has 0 atom stereocenters. The van der Waals surface area contributed by atoms with E-state index in [1.54, 1.807) is 18.5 Å². The molecular weight excluding hydrogens is 316 g/mol. The summed E-state index contributed by atoms with van der Waals surface area (Å²) >= 11 is 6.20. The molecule has 1 saturated heterocycles. The maximum absolute atomic E-state index is 12.4. The lowest BCUT2D eigenvalue weighted by molar-refractivity contribution is 0.102. The molecule has 23 heavy (non-hydrogen) atoms. The molecule has 0 bridgehead atoms. The SMILES string of the molecule is Cc1ccncc1NC(=O)c1nc(Cl)c(N2CCCC2)nc1N. The highest BCUT2D eigenvalue weighted by Crippen LogP contribution is 2.27. The third kappa shape index (κ3) is 3.19. The van der Waals surface area contributed by atoms with Crippen molar-refractivity contribution in [1.82, 2.24) is 15.0 Å². The molecular formula is C15H17ClN6O. The largest absolute Gasteiger partial charge is 0.382 e. The number of rotatable bonds is 3. The van der Waals surface area contributed by atoms with Crippen LogP contribution in [0, 0.1) is 6.92 Å². The monoisotopic (exact) mass is 332 g/mol. The second kappa shape index (κ2) is 6.37. The smallest absolute Gasteiger partial charge is 0.278 e. The van der Waals surface area contributed by atoms with Crippen molar-refractivity contribution >= 4 is 34.8 Å². The number of aryl methyl sites for hydroxylation is 1. The summed E-state index contributed by atoms with van der Waals surface area (Å²) in [6.07, 6.45) is 5.39. The number of hydrogen-bond donors (Lipinski definition) is 2. The van der Waals surface area contributed by atoms with Gasteiger partial charge in [0.2, 0.25) is 0 Å². The summed E-state index contributed by atoms with van der Waals surface area (Å²) in [6.45, 7) is 3.61. The first-order valence-corrected chi connectivity index (χ1v) is 7.74. The average Bonchev–Trinajstić information content (AvgIpc) is 3.05. The zero-order valence-corrected chi connectivity index (χ0v) is 13.5. The van der Waals surface area contributed by atoms with Gasteiger partial charge in [-0.1, -0.05) is 11.6 Å². The maximum Gasteiger partial charge on any atom is 0.278 e. The molecule has 0 aromatic carbocycles. The second-order valence-electron chi connectivity index (χ2n) is 5.41. The summed E-state index contributed by atoms with van der Waals surface area (Å²) < 4.78 is 0. The highest BCUT2D eigenvalue weighted by molar-refractivity contribution is 6.32. The van der Waals surface area contributed by atoms with E-state index in [9.17, 15) is 4.79 Å². The van der Waals surface area contributed by atoms with Gasteiger partial charge < -0.3 is 16.0 Å². The Hall–Kier alpha value is -2.41. The average molecular weight is 333 g/mol. The van der Waals surface area contributed by atoms with Crippen molar-refractivity contribution in [1.29, 1.82) is 0 Å². The lowest BCUT2D eigenvalue weighted by Gasteiger charge is -2.18. The predicted molar refractivity (Wildman–Crippen MR) is 89.8 cm³/mol. The van der Waals surface area contributed by atoms with Gasteiger partial charge in [0.1, 0.15) is 0 Å². The molecule has 3 N–H and O–H groups in total. The van der Waals surface area contributed by atoms with E-state index < -0.39 is 5.91 Å². The van der Waals surface area contributed by atoms with Crippen LogP contribution in [0.4, 0.5) is 17.3 Å². The van der Waals surface area contributed by atoms with E-state index in [-0.39, 0.29) is 16.7 Å². The Balaban J connectivity index is 1.86. The summed E-state index contributed by atoms with van der Waals surface area (Å²) in [5.41, 5.74) is 7.41. The number of anilines is 3. The van der Waals surface area contributed by atoms with E-state index in [4.69, 9.17) is 17.3 Å². The molecule has 1 aliphatic heterocycles. The summed E-state index contributed by atoms with van der Waals surface area (Å²) in [7, 11) is 0. The molecule has 0 unspecified atom stereocenters. The Morgan fingerprint density at radius 1 is 1.35 bits per heavy atom. The molecule has 3 heterocycles. The van der Waals surface area contributed by atoms with Crippen molar-refractivity contribution in [3.63, 3.8) is 0 Å². The lowest BCUT2D eigenvalue weighted by Crippen LogP contribution is -2.23. The van der Waals surface area contributed by atoms with Gasteiger partial charge in [0.25, 0.3) is 5.91 Å². The molecule has 7 nitrogen and oxygen atoms in total. The van der Waals surface area contributed by atoms with Gasteiger partial charge in [-0.05, 0) is 31.4 Å². The number of halogens is 1. The summed E-state index contributed by atoms with van der Waals surface area (Å²) in [5, 5.41) is 2.92. The Bertz CT molecular complexity index is 745. The summed E-state index contributed by atoms with van der Waals surface area (Å²) in [4.78, 5) is 26.8. The Morgan fingerprint density at radius 3 is 2.78 bits per heavy atom. The number of nitrogen functional groups attached to an aromatic ring is 1. The van der Waals surface area contributed by atoms with E-state index in [2.05, 4.69) is 20.3 Å². The molecule has 1 fully saturated rings. The fraction of sp³-hybridized carbons (Fsp3) is 0.333. The zero-order valence-electron chi connectivity index (χ0n) is 12.7. The van der Waals surface area contributed by atoms with Crippen molar-refractivity contribution in [2.75, 3.05) is 29.0 Å². The number of nitrogens with two attached hydrogens (primary N) is 1. The molecule has 0 aliphatic carbocycles. The van der Waals surface area contributed by atoms with Crippen molar-refractivity contribution < 1.29 is 4.79 Å². The minimum absolute atomic E-state index is 0.0150. The van der Waals surface area contributed by atoms with E-state index in [0.717, 1.165) is 31.5 Å². The number of hydrogen-bond acceptors (Lipinski definition) is 6. The predicted octanol–water partition coefficient (Wildman–Crippen LogP) is 2.27. The van der Waals surface area contributed by atoms with Crippen molar-refractivity contribution in [3.05, 3.63) is 34.9 Å². The lowest BCUT2D eigenvalue weighted by atomic mass is 10.2. The third-order valence-corrected chi connectivity index (χ3v) is 4.02. The van der Waals surface area contributed by atoms with Gasteiger partial charge in [-0.3, -0.25) is 9.78 Å². The first-order valence-electron chi connectivity index (χ1n) is 7.36. The molecule has 2 aromatic rings. The van der Waals surface area contributed by atoms with Crippen LogP contribution in [0.2, 0.25) is 5.15 Å². The van der Waals surface area contributed by atoms with Gasteiger partial charge >= 0.3 is 0 Å². The minimum atomic E-state index is -0.457. The van der Waals surface area contributed by atoms with E-state index in [0.29, 0.717) is 11.5 Å². The van der Waals surface area contributed by atoms with Gasteiger partial charge in [0.15, 0.2) is 22.5 Å². The molecule has 1 aliphatic rings. The van der Waals surface area contributed by atoms with Crippen LogP contribution in [0.15, 0.2) is 18.5 Å². The second-order valence-corrected chi connectivity index (χ2v) is 5.77. The van der Waals surface area contributed by atoms with Crippen LogP contribution in [-0.2, 0) is 0 Å². The van der Waals surface area contributed by atoms with Crippen LogP contribution in [0.25, 0.3) is 0 Å². The molecule has 0 saturated carbocycles. The van der Waals surface area contributed by atoms with Gasteiger partial charge in [0.05, 0.1) is 11.9 Å². The van der Waals surface area contributed by atoms with Crippen molar-refractivity contribution in [2.45, 2.75) is 19.8 Å². The highest BCUT2D eigenvalue weighted by atomic mass is 35.5. The van der Waals surface area contributed by atoms with E-state index in [1.807, 2.05) is 11.8 Å². The van der Waals surface area contributed by atoms with Crippen LogP contribution in [0.1, 0.15) is 28.9 Å². The molecule has 120 valence electrons. The van der Waals surface area contributed by atoms with Crippen LogP contribution in [-0.4, -0.2) is 33.9 Å². The first kappa shape index (κ1) is 15.5. The van der Waals surface area contributed by atoms with Gasteiger partial charge in [-0.15, -0.1) is 0 Å². The fourth-order valence-electron chi connectivity index (χ4n) is 2.49. The maximum atomic E-state index is 12.4. The highest BCUT2D eigenvalue weighted by Gasteiger charge is 2.22. The number of pyridine rings is 1. The Labute approximate surface area is 138 Å². The first-order chi connectivity index (χ1) is 11.1. The van der Waals surface area contributed by atoms with Crippen molar-refractivity contribution in [2.24, 2.45) is 0 Å². The molecule has 1 amide bonds. The standard InChI is InChI=1S/C15H17ClN6O/c1-9-4-5-18-8-10(9)19-15(23)11-13(17)21-14(12(16)20-11)22-6-2-3-7-22/h4-5,8H,2-3,6-7H2,1H3,(H2,17,21)(H,19,23). The molecule has 0 radical (unpaired) electrons. The van der Waals surface area contributed by atoms with Gasteiger partial charge in [0, 0.05) is 19.3 Å². The van der Waals surface area contributed by atoms with Crippen LogP contribution < -0.4 is 16.0 Å². The fourth-order valence-corrected chi connectivity index (χ4v) is 2.74. The molecule has 3 rings (SSSR count). The van der Waals surface area contributed by atoms with Crippen LogP contribution in [0.5, 0.6) is 0 Å². The molecule has 8 heteroatoms. The normalized spacial score (nSPS) is 14.1. The zero-order chi connectivity index (χ0) is 16.4.